The molecule has 0 bridgehead atoms. The van der Waals surface area contributed by atoms with Crippen LogP contribution in [0.1, 0.15) is 23.7 Å². The van der Waals surface area contributed by atoms with Crippen LogP contribution in [0.25, 0.3) is 0 Å². The van der Waals surface area contributed by atoms with Crippen molar-refractivity contribution in [2.75, 3.05) is 13.1 Å². The molecular formula is C14H16ClN3. The lowest BCUT2D eigenvalue weighted by Crippen LogP contribution is -2.20. The van der Waals surface area contributed by atoms with Gasteiger partial charge in [-0.2, -0.15) is 0 Å². The Kier molecular flexibility index (Phi) is 3.35. The standard InChI is InChI=1S/C14H16ClN3/c15-13-4-2-1-3-12(13)11-5-8-18(9-11)10-14-16-6-7-17-14/h1-4,6-7,11H,5,8-10H2,(H,16,17)/t11-/m1/s1. The van der Waals surface area contributed by atoms with Crippen molar-refractivity contribution >= 4 is 11.6 Å². The summed E-state index contributed by atoms with van der Waals surface area (Å²) in [5, 5.41) is 0.891. The number of halogens is 1. The number of H-pyrrole nitrogens is 1. The number of aromatic amines is 1. The van der Waals surface area contributed by atoms with Gasteiger partial charge in [0.1, 0.15) is 5.82 Å². The molecule has 1 aromatic heterocycles. The minimum atomic E-state index is 0.550. The maximum absolute atomic E-state index is 6.26. The topological polar surface area (TPSA) is 31.9 Å². The molecule has 1 aliphatic rings. The maximum Gasteiger partial charge on any atom is 0.120 e. The van der Waals surface area contributed by atoms with Gasteiger partial charge in [-0.05, 0) is 30.5 Å². The molecule has 4 heteroatoms. The van der Waals surface area contributed by atoms with Gasteiger partial charge in [-0.25, -0.2) is 4.98 Å². The number of nitrogens with one attached hydrogen (secondary N) is 1. The van der Waals surface area contributed by atoms with Crippen molar-refractivity contribution in [3.05, 3.63) is 53.1 Å². The van der Waals surface area contributed by atoms with Crippen LogP contribution in [0.15, 0.2) is 36.7 Å². The normalized spacial score (nSPS) is 20.4. The van der Waals surface area contributed by atoms with E-state index in [4.69, 9.17) is 11.6 Å². The second-order valence-corrected chi connectivity index (χ2v) is 5.19. The van der Waals surface area contributed by atoms with Gasteiger partial charge in [-0.3, -0.25) is 4.90 Å². The largest absolute Gasteiger partial charge is 0.348 e. The molecule has 1 fully saturated rings. The second-order valence-electron chi connectivity index (χ2n) is 4.78. The predicted molar refractivity (Wildman–Crippen MR) is 72.7 cm³/mol. The van der Waals surface area contributed by atoms with Crippen molar-refractivity contribution in [3.8, 4) is 0 Å². The lowest BCUT2D eigenvalue weighted by Gasteiger charge is -2.15. The van der Waals surface area contributed by atoms with Crippen LogP contribution in [0, 0.1) is 0 Å². The zero-order valence-electron chi connectivity index (χ0n) is 10.1. The fraction of sp³-hybridized carbons (Fsp3) is 0.357. The van der Waals surface area contributed by atoms with Crippen LogP contribution in [0.5, 0.6) is 0 Å². The summed E-state index contributed by atoms with van der Waals surface area (Å²) in [6, 6.07) is 8.17. The van der Waals surface area contributed by atoms with Gasteiger partial charge in [-0.15, -0.1) is 0 Å². The predicted octanol–water partition coefficient (Wildman–Crippen LogP) is 3.05. The van der Waals surface area contributed by atoms with E-state index in [0.717, 1.165) is 30.5 Å². The molecule has 2 heterocycles. The van der Waals surface area contributed by atoms with E-state index in [1.807, 2.05) is 18.3 Å². The molecule has 2 aromatic rings. The van der Waals surface area contributed by atoms with Crippen LogP contribution < -0.4 is 0 Å². The Labute approximate surface area is 112 Å². The van der Waals surface area contributed by atoms with E-state index >= 15 is 0 Å². The van der Waals surface area contributed by atoms with Gasteiger partial charge >= 0.3 is 0 Å². The summed E-state index contributed by atoms with van der Waals surface area (Å²) in [6.07, 6.45) is 4.85. The third kappa shape index (κ3) is 2.42. The molecule has 1 saturated heterocycles. The minimum Gasteiger partial charge on any atom is -0.348 e. The highest BCUT2D eigenvalue weighted by molar-refractivity contribution is 6.31. The van der Waals surface area contributed by atoms with Gasteiger partial charge in [0, 0.05) is 24.0 Å². The third-order valence-electron chi connectivity index (χ3n) is 3.55. The van der Waals surface area contributed by atoms with Crippen LogP contribution in [0.4, 0.5) is 0 Å². The molecule has 1 aliphatic heterocycles. The van der Waals surface area contributed by atoms with Gasteiger partial charge in [0.15, 0.2) is 0 Å². The Morgan fingerprint density at radius 3 is 3.06 bits per heavy atom. The fourth-order valence-corrected chi connectivity index (χ4v) is 2.92. The van der Waals surface area contributed by atoms with E-state index in [0.29, 0.717) is 5.92 Å². The quantitative estimate of drug-likeness (QED) is 0.921. The summed E-state index contributed by atoms with van der Waals surface area (Å²) < 4.78 is 0. The second kappa shape index (κ2) is 5.12. The molecule has 0 spiro atoms. The molecule has 1 aromatic carbocycles. The minimum absolute atomic E-state index is 0.550. The number of rotatable bonds is 3. The van der Waals surface area contributed by atoms with Crippen LogP contribution >= 0.6 is 11.6 Å². The number of hydrogen-bond donors (Lipinski definition) is 1. The number of imidazole rings is 1. The zero-order valence-corrected chi connectivity index (χ0v) is 10.9. The summed E-state index contributed by atoms with van der Waals surface area (Å²) in [7, 11) is 0. The molecule has 3 rings (SSSR count). The van der Waals surface area contributed by atoms with Gasteiger partial charge < -0.3 is 4.98 Å². The highest BCUT2D eigenvalue weighted by Gasteiger charge is 2.25. The van der Waals surface area contributed by atoms with Crippen molar-refractivity contribution in [2.45, 2.75) is 18.9 Å². The SMILES string of the molecule is Clc1ccccc1[C@@H]1CCN(Cc2ncc[nH]2)C1. The van der Waals surface area contributed by atoms with Crippen molar-refractivity contribution in [1.29, 1.82) is 0 Å². The first-order chi connectivity index (χ1) is 8.83. The van der Waals surface area contributed by atoms with E-state index in [1.54, 1.807) is 6.20 Å². The van der Waals surface area contributed by atoms with Crippen molar-refractivity contribution in [2.24, 2.45) is 0 Å². The highest BCUT2D eigenvalue weighted by atomic mass is 35.5. The molecule has 0 aliphatic carbocycles. The first kappa shape index (κ1) is 11.8. The van der Waals surface area contributed by atoms with Crippen LogP contribution in [-0.4, -0.2) is 28.0 Å². The molecule has 1 atom stereocenters. The lowest BCUT2D eigenvalue weighted by atomic mass is 9.98. The van der Waals surface area contributed by atoms with Crippen molar-refractivity contribution in [3.63, 3.8) is 0 Å². The molecular weight excluding hydrogens is 246 g/mol. The van der Waals surface area contributed by atoms with E-state index < -0.39 is 0 Å². The van der Waals surface area contributed by atoms with E-state index in [9.17, 15) is 0 Å². The van der Waals surface area contributed by atoms with E-state index in [2.05, 4.69) is 27.0 Å². The summed E-state index contributed by atoms with van der Waals surface area (Å²) in [6.45, 7) is 3.06. The molecule has 3 nitrogen and oxygen atoms in total. The molecule has 0 unspecified atom stereocenters. The van der Waals surface area contributed by atoms with Crippen molar-refractivity contribution < 1.29 is 0 Å². The molecule has 18 heavy (non-hydrogen) atoms. The Bertz CT molecular complexity index is 510. The third-order valence-corrected chi connectivity index (χ3v) is 3.89. The van der Waals surface area contributed by atoms with E-state index in [-0.39, 0.29) is 0 Å². The maximum atomic E-state index is 6.26. The number of benzene rings is 1. The number of likely N-dealkylation sites (tertiary alicyclic amines) is 1. The van der Waals surface area contributed by atoms with Gasteiger partial charge in [0.2, 0.25) is 0 Å². The average molecular weight is 262 g/mol. The Balaban J connectivity index is 1.67. The zero-order chi connectivity index (χ0) is 12.4. The van der Waals surface area contributed by atoms with Crippen LogP contribution in [0.2, 0.25) is 5.02 Å². The molecule has 94 valence electrons. The number of hydrogen-bond acceptors (Lipinski definition) is 2. The van der Waals surface area contributed by atoms with E-state index in [1.165, 1.54) is 12.0 Å². The van der Waals surface area contributed by atoms with Crippen LogP contribution in [-0.2, 0) is 6.54 Å². The molecule has 0 saturated carbocycles. The van der Waals surface area contributed by atoms with Gasteiger partial charge in [0.25, 0.3) is 0 Å². The van der Waals surface area contributed by atoms with Gasteiger partial charge in [-0.1, -0.05) is 29.8 Å². The molecule has 0 radical (unpaired) electrons. The number of aromatic nitrogens is 2. The Hall–Kier alpha value is -1.32. The Morgan fingerprint density at radius 2 is 2.28 bits per heavy atom. The number of nitrogens with zero attached hydrogens (tertiary/aromatic N) is 2. The summed E-state index contributed by atoms with van der Waals surface area (Å²) in [5.41, 5.74) is 1.28. The molecule has 0 amide bonds. The van der Waals surface area contributed by atoms with Crippen LogP contribution in [0.3, 0.4) is 0 Å². The first-order valence-corrected chi connectivity index (χ1v) is 6.66. The Morgan fingerprint density at radius 1 is 1.39 bits per heavy atom. The monoisotopic (exact) mass is 261 g/mol. The summed E-state index contributed by atoms with van der Waals surface area (Å²) >= 11 is 6.26. The highest BCUT2D eigenvalue weighted by Crippen LogP contribution is 2.32. The summed E-state index contributed by atoms with van der Waals surface area (Å²) in [4.78, 5) is 9.85. The average Bonchev–Trinajstić information content (AvgIpc) is 3.02. The van der Waals surface area contributed by atoms with Gasteiger partial charge in [0.05, 0.1) is 6.54 Å². The lowest BCUT2D eigenvalue weighted by molar-refractivity contribution is 0.319. The first-order valence-electron chi connectivity index (χ1n) is 6.28. The molecule has 1 N–H and O–H groups in total. The smallest absolute Gasteiger partial charge is 0.120 e. The fourth-order valence-electron chi connectivity index (χ4n) is 2.63. The summed E-state index contributed by atoms with van der Waals surface area (Å²) in [5.74, 6) is 1.59. The van der Waals surface area contributed by atoms with Crippen molar-refractivity contribution in [1.82, 2.24) is 14.9 Å².